The lowest BCUT2D eigenvalue weighted by molar-refractivity contribution is -0.118. The number of para-hydroxylation sites is 2. The fourth-order valence-corrected chi connectivity index (χ4v) is 3.61. The number of hydrogen-bond donors (Lipinski definition) is 2. The fraction of sp³-hybridized carbons (Fsp3) is 0.286. The Kier molecular flexibility index (Phi) is 4.99. The molecule has 1 fully saturated rings. The highest BCUT2D eigenvalue weighted by atomic mass is 16.4. The molecule has 6 nitrogen and oxygen atoms in total. The smallest absolute Gasteiger partial charge is 0.277 e. The summed E-state index contributed by atoms with van der Waals surface area (Å²) < 4.78 is 0. The van der Waals surface area contributed by atoms with E-state index in [1.165, 1.54) is 4.90 Å². The second-order valence-corrected chi connectivity index (χ2v) is 6.95. The van der Waals surface area contributed by atoms with Gasteiger partial charge in [0.25, 0.3) is 5.91 Å². The Labute approximate surface area is 158 Å². The first-order valence-electron chi connectivity index (χ1n) is 8.82. The normalized spacial score (nSPS) is 18.2. The van der Waals surface area contributed by atoms with Gasteiger partial charge in [0.05, 0.1) is 0 Å². The average molecular weight is 365 g/mol. The van der Waals surface area contributed by atoms with Crippen molar-refractivity contribution < 1.29 is 14.8 Å². The zero-order valence-electron chi connectivity index (χ0n) is 15.9. The summed E-state index contributed by atoms with van der Waals surface area (Å²) >= 11 is 0. The molecule has 0 radical (unpaired) electrons. The molecule has 3 rings (SSSR count). The number of nitrogens with one attached hydrogen (secondary N) is 1. The van der Waals surface area contributed by atoms with Crippen LogP contribution in [0.2, 0.25) is 0 Å². The molecule has 0 spiro atoms. The van der Waals surface area contributed by atoms with Crippen LogP contribution in [0.1, 0.15) is 22.3 Å². The van der Waals surface area contributed by atoms with Crippen LogP contribution in [0.15, 0.2) is 41.6 Å². The molecule has 0 unspecified atom stereocenters. The summed E-state index contributed by atoms with van der Waals surface area (Å²) in [6.07, 6.45) is 0. The molecule has 1 atom stereocenters. The number of anilines is 2. The van der Waals surface area contributed by atoms with E-state index in [2.05, 4.69) is 10.5 Å². The first-order valence-corrected chi connectivity index (χ1v) is 8.82. The summed E-state index contributed by atoms with van der Waals surface area (Å²) in [4.78, 5) is 27.2. The third-order valence-corrected chi connectivity index (χ3v) is 5.02. The zero-order chi connectivity index (χ0) is 19.7. The van der Waals surface area contributed by atoms with Gasteiger partial charge < -0.3 is 15.4 Å². The molecule has 6 heteroatoms. The van der Waals surface area contributed by atoms with E-state index in [0.717, 1.165) is 33.6 Å². The summed E-state index contributed by atoms with van der Waals surface area (Å²) in [6, 6.07) is 11.5. The maximum absolute atomic E-state index is 12.9. The second kappa shape index (κ2) is 7.23. The summed E-state index contributed by atoms with van der Waals surface area (Å²) in [7, 11) is 0. The van der Waals surface area contributed by atoms with Crippen LogP contribution in [0, 0.1) is 33.6 Å². The van der Waals surface area contributed by atoms with Crippen LogP contribution in [0.4, 0.5) is 11.4 Å². The number of carbonyl (C=O) groups excluding carboxylic acids is 2. The first kappa shape index (κ1) is 18.6. The molecule has 140 valence electrons. The molecular weight excluding hydrogens is 342 g/mol. The molecule has 27 heavy (non-hydrogen) atoms. The van der Waals surface area contributed by atoms with Crippen LogP contribution in [-0.2, 0) is 9.59 Å². The van der Waals surface area contributed by atoms with Crippen molar-refractivity contribution in [2.24, 2.45) is 11.1 Å². The minimum absolute atomic E-state index is 0.138. The maximum atomic E-state index is 12.9. The van der Waals surface area contributed by atoms with Gasteiger partial charge in [-0.3, -0.25) is 9.59 Å². The molecule has 0 bridgehead atoms. The van der Waals surface area contributed by atoms with Gasteiger partial charge in [-0.2, -0.15) is 0 Å². The molecule has 2 aromatic carbocycles. The fourth-order valence-electron chi connectivity index (χ4n) is 3.61. The number of benzene rings is 2. The van der Waals surface area contributed by atoms with Crippen LogP contribution in [0.3, 0.4) is 0 Å². The lowest BCUT2D eigenvalue weighted by Crippen LogP contribution is -2.30. The number of hydrogen-bond acceptors (Lipinski definition) is 4. The van der Waals surface area contributed by atoms with Crippen molar-refractivity contribution in [3.63, 3.8) is 0 Å². The Bertz CT molecular complexity index is 909. The highest BCUT2D eigenvalue weighted by Gasteiger charge is 2.43. The molecule has 1 heterocycles. The Hall–Kier alpha value is -3.15. The second-order valence-electron chi connectivity index (χ2n) is 6.95. The molecule has 1 aliphatic heterocycles. The monoisotopic (exact) mass is 365 g/mol. The van der Waals surface area contributed by atoms with E-state index in [9.17, 15) is 14.8 Å². The van der Waals surface area contributed by atoms with Crippen LogP contribution in [-0.4, -0.2) is 29.3 Å². The van der Waals surface area contributed by atoms with Crippen molar-refractivity contribution in [1.82, 2.24) is 0 Å². The lowest BCUT2D eigenvalue weighted by Gasteiger charge is -2.21. The summed E-state index contributed by atoms with van der Waals surface area (Å²) in [5.74, 6) is -1.65. The van der Waals surface area contributed by atoms with Gasteiger partial charge in [0.1, 0.15) is 5.92 Å². The van der Waals surface area contributed by atoms with E-state index in [0.29, 0.717) is 0 Å². The Morgan fingerprint density at radius 3 is 2.07 bits per heavy atom. The number of nitrogens with zero attached hydrogens (tertiary/aromatic N) is 2. The minimum atomic E-state index is -0.847. The summed E-state index contributed by atoms with van der Waals surface area (Å²) in [6.45, 7) is 7.78. The number of amides is 2. The number of carbonyl (C=O) groups is 2. The number of oxime groups is 1. The molecule has 0 aliphatic carbocycles. The third-order valence-electron chi connectivity index (χ3n) is 5.02. The van der Waals surface area contributed by atoms with Crippen LogP contribution in [0.25, 0.3) is 0 Å². The van der Waals surface area contributed by atoms with Gasteiger partial charge >= 0.3 is 0 Å². The lowest BCUT2D eigenvalue weighted by atomic mass is 10.0. The van der Waals surface area contributed by atoms with Gasteiger partial charge in [0, 0.05) is 17.9 Å². The average Bonchev–Trinajstić information content (AvgIpc) is 2.94. The van der Waals surface area contributed by atoms with Gasteiger partial charge in [-0.25, -0.2) is 0 Å². The highest BCUT2D eigenvalue weighted by Crippen LogP contribution is 2.31. The summed E-state index contributed by atoms with van der Waals surface area (Å²) in [5.41, 5.74) is 5.06. The van der Waals surface area contributed by atoms with Crippen molar-refractivity contribution in [1.29, 1.82) is 0 Å². The molecule has 1 aliphatic rings. The van der Waals surface area contributed by atoms with Gasteiger partial charge in [0.15, 0.2) is 5.71 Å². The zero-order valence-corrected chi connectivity index (χ0v) is 15.9. The molecule has 2 amide bonds. The van der Waals surface area contributed by atoms with E-state index in [1.54, 1.807) is 0 Å². The molecule has 2 aromatic rings. The summed E-state index contributed by atoms with van der Waals surface area (Å²) in [5, 5.41) is 15.4. The van der Waals surface area contributed by atoms with Crippen LogP contribution < -0.4 is 10.2 Å². The van der Waals surface area contributed by atoms with Crippen molar-refractivity contribution in [3.05, 3.63) is 58.7 Å². The predicted molar refractivity (Wildman–Crippen MR) is 106 cm³/mol. The Morgan fingerprint density at radius 1 is 1.04 bits per heavy atom. The predicted octanol–water partition coefficient (Wildman–Crippen LogP) is 3.35. The minimum Gasteiger partial charge on any atom is -0.410 e. The van der Waals surface area contributed by atoms with E-state index >= 15 is 0 Å². The van der Waals surface area contributed by atoms with Crippen molar-refractivity contribution in [2.45, 2.75) is 27.7 Å². The van der Waals surface area contributed by atoms with Crippen LogP contribution in [0.5, 0.6) is 0 Å². The molecule has 1 saturated heterocycles. The maximum Gasteiger partial charge on any atom is 0.277 e. The highest BCUT2D eigenvalue weighted by molar-refractivity contribution is 6.50. The molecule has 2 N–H and O–H groups in total. The van der Waals surface area contributed by atoms with E-state index < -0.39 is 11.8 Å². The molecular formula is C21H23N3O3. The van der Waals surface area contributed by atoms with E-state index in [4.69, 9.17) is 0 Å². The van der Waals surface area contributed by atoms with E-state index in [-0.39, 0.29) is 18.2 Å². The number of rotatable bonds is 3. The SMILES string of the molecule is Cc1cccc(C)c1NC(=O)[C@H]1CN(c2c(C)cccc2C)C(=O)/C1=N\O. The number of aryl methyl sites for hydroxylation is 4. The van der Waals surface area contributed by atoms with Crippen LogP contribution >= 0.6 is 0 Å². The first-order chi connectivity index (χ1) is 12.8. The third kappa shape index (κ3) is 3.30. The van der Waals surface area contributed by atoms with Gasteiger partial charge in [-0.15, -0.1) is 0 Å². The van der Waals surface area contributed by atoms with Gasteiger partial charge in [-0.1, -0.05) is 41.6 Å². The van der Waals surface area contributed by atoms with Crippen molar-refractivity contribution >= 4 is 28.9 Å². The largest absolute Gasteiger partial charge is 0.410 e. The standard InChI is InChI=1S/C21H23N3O3/c1-12-7-5-8-13(2)17(12)22-20(25)16-11-24(21(26)18(16)23-27)19-14(3)9-6-10-15(19)4/h5-10,16,27H,11H2,1-4H3,(H,22,25)/b23-18-/t16-/m0/s1. The van der Waals surface area contributed by atoms with Crippen molar-refractivity contribution in [2.75, 3.05) is 16.8 Å². The van der Waals surface area contributed by atoms with Gasteiger partial charge in [0.2, 0.25) is 5.91 Å². The Balaban J connectivity index is 1.92. The van der Waals surface area contributed by atoms with Crippen molar-refractivity contribution in [3.8, 4) is 0 Å². The van der Waals surface area contributed by atoms with E-state index in [1.807, 2.05) is 64.1 Å². The van der Waals surface area contributed by atoms with Gasteiger partial charge in [-0.05, 0) is 49.9 Å². The quantitative estimate of drug-likeness (QED) is 0.646. The molecule has 0 saturated carbocycles. The molecule has 0 aromatic heterocycles. The Morgan fingerprint density at radius 2 is 1.56 bits per heavy atom. The topological polar surface area (TPSA) is 82.0 Å².